The van der Waals surface area contributed by atoms with Crippen LogP contribution in [0.1, 0.15) is 13.8 Å². The van der Waals surface area contributed by atoms with Crippen molar-refractivity contribution in [2.45, 2.75) is 19.4 Å². The third-order valence-electron chi connectivity index (χ3n) is 2.55. The minimum absolute atomic E-state index is 0.0764. The Morgan fingerprint density at radius 3 is 2.65 bits per heavy atom. The molecule has 98 valence electrons. The molecule has 1 aliphatic heterocycles. The number of ether oxygens (including phenoxy) is 2. The van der Waals surface area contributed by atoms with Crippen molar-refractivity contribution in [2.24, 2.45) is 0 Å². The third kappa shape index (κ3) is 3.98. The van der Waals surface area contributed by atoms with E-state index in [0.29, 0.717) is 26.4 Å². The molecule has 0 aromatic heterocycles. The Balaban J connectivity index is 2.36. The molecule has 0 bridgehead atoms. The lowest BCUT2D eigenvalue weighted by Gasteiger charge is -2.37. The van der Waals surface area contributed by atoms with Crippen molar-refractivity contribution in [3.8, 4) is 0 Å². The van der Waals surface area contributed by atoms with Crippen LogP contribution in [0.15, 0.2) is 0 Å². The number of methoxy groups -OCH3 is 1. The van der Waals surface area contributed by atoms with Gasteiger partial charge in [0.15, 0.2) is 0 Å². The second kappa shape index (κ2) is 5.97. The van der Waals surface area contributed by atoms with Crippen LogP contribution in [0.25, 0.3) is 0 Å². The Morgan fingerprint density at radius 2 is 2.00 bits per heavy atom. The van der Waals surface area contributed by atoms with E-state index in [1.807, 2.05) is 0 Å². The van der Waals surface area contributed by atoms with Crippen LogP contribution in [0.3, 0.4) is 0 Å². The van der Waals surface area contributed by atoms with Gasteiger partial charge in [-0.05, 0) is 13.8 Å². The van der Waals surface area contributed by atoms with Crippen LogP contribution in [0.4, 0.5) is 0 Å². The standard InChI is InChI=1S/C11H20N2O4/c1-11(2)10(15)13(8-9(14)12-11)4-5-17-7-6-16-3/h4-8H2,1-3H3,(H,12,14). The van der Waals surface area contributed by atoms with Crippen molar-refractivity contribution < 1.29 is 19.1 Å². The summed E-state index contributed by atoms with van der Waals surface area (Å²) in [6, 6.07) is 0. The van der Waals surface area contributed by atoms with E-state index in [9.17, 15) is 9.59 Å². The number of hydrogen-bond donors (Lipinski definition) is 1. The van der Waals surface area contributed by atoms with Gasteiger partial charge in [-0.3, -0.25) is 9.59 Å². The van der Waals surface area contributed by atoms with Crippen LogP contribution in [-0.4, -0.2) is 62.3 Å². The Kier molecular flexibility index (Phi) is 4.89. The Bertz CT molecular complexity index is 291. The first-order chi connectivity index (χ1) is 7.97. The van der Waals surface area contributed by atoms with Crippen LogP contribution < -0.4 is 5.32 Å². The van der Waals surface area contributed by atoms with Crippen molar-refractivity contribution in [1.29, 1.82) is 0 Å². The Labute approximate surface area is 101 Å². The van der Waals surface area contributed by atoms with Crippen LogP contribution in [0.5, 0.6) is 0 Å². The van der Waals surface area contributed by atoms with Crippen LogP contribution >= 0.6 is 0 Å². The molecule has 0 aliphatic carbocycles. The van der Waals surface area contributed by atoms with Crippen molar-refractivity contribution in [3.05, 3.63) is 0 Å². The lowest BCUT2D eigenvalue weighted by molar-refractivity contribution is -0.149. The average molecular weight is 244 g/mol. The van der Waals surface area contributed by atoms with Crippen LogP contribution in [-0.2, 0) is 19.1 Å². The largest absolute Gasteiger partial charge is 0.382 e. The highest BCUT2D eigenvalue weighted by atomic mass is 16.5. The molecule has 1 fully saturated rings. The predicted molar refractivity (Wildman–Crippen MR) is 61.5 cm³/mol. The van der Waals surface area contributed by atoms with Gasteiger partial charge in [-0.2, -0.15) is 0 Å². The van der Waals surface area contributed by atoms with Gasteiger partial charge in [0.1, 0.15) is 5.54 Å². The van der Waals surface area contributed by atoms with Gasteiger partial charge < -0.3 is 19.7 Å². The van der Waals surface area contributed by atoms with E-state index < -0.39 is 5.54 Å². The maximum absolute atomic E-state index is 11.9. The third-order valence-corrected chi connectivity index (χ3v) is 2.55. The number of carbonyl (C=O) groups is 2. The van der Waals surface area contributed by atoms with Gasteiger partial charge in [0.25, 0.3) is 0 Å². The van der Waals surface area contributed by atoms with E-state index in [1.165, 1.54) is 4.90 Å². The molecule has 1 aliphatic rings. The molecule has 1 N–H and O–H groups in total. The highest BCUT2D eigenvalue weighted by Crippen LogP contribution is 2.12. The molecule has 0 aromatic carbocycles. The molecule has 0 spiro atoms. The van der Waals surface area contributed by atoms with Gasteiger partial charge in [-0.15, -0.1) is 0 Å². The molecule has 0 radical (unpaired) electrons. The number of nitrogens with one attached hydrogen (secondary N) is 1. The Morgan fingerprint density at radius 1 is 1.29 bits per heavy atom. The molecular weight excluding hydrogens is 224 g/mol. The molecule has 0 atom stereocenters. The van der Waals surface area contributed by atoms with Crippen LogP contribution in [0, 0.1) is 0 Å². The summed E-state index contributed by atoms with van der Waals surface area (Å²) < 4.78 is 10.1. The molecule has 0 unspecified atom stereocenters. The molecule has 0 saturated carbocycles. The Hall–Kier alpha value is -1.14. The number of carbonyl (C=O) groups excluding carboxylic acids is 2. The fourth-order valence-electron chi connectivity index (χ4n) is 1.68. The van der Waals surface area contributed by atoms with E-state index in [1.54, 1.807) is 21.0 Å². The highest BCUT2D eigenvalue weighted by molar-refractivity contribution is 5.97. The predicted octanol–water partition coefficient (Wildman–Crippen LogP) is -0.614. The van der Waals surface area contributed by atoms with Crippen molar-refractivity contribution in [1.82, 2.24) is 10.2 Å². The average Bonchev–Trinajstić information content (AvgIpc) is 2.24. The first-order valence-corrected chi connectivity index (χ1v) is 5.64. The number of piperazine rings is 1. The summed E-state index contributed by atoms with van der Waals surface area (Å²) in [5.41, 5.74) is -0.818. The normalized spacial score (nSPS) is 19.4. The van der Waals surface area contributed by atoms with Gasteiger partial charge in [0.2, 0.25) is 11.8 Å². The van der Waals surface area contributed by atoms with E-state index in [4.69, 9.17) is 9.47 Å². The van der Waals surface area contributed by atoms with Gasteiger partial charge in [0, 0.05) is 13.7 Å². The molecule has 1 heterocycles. The van der Waals surface area contributed by atoms with Gasteiger partial charge in [-0.25, -0.2) is 0 Å². The molecular formula is C11H20N2O4. The van der Waals surface area contributed by atoms with E-state index in [-0.39, 0.29) is 18.4 Å². The summed E-state index contributed by atoms with van der Waals surface area (Å²) >= 11 is 0. The second-order valence-corrected chi connectivity index (χ2v) is 4.51. The summed E-state index contributed by atoms with van der Waals surface area (Å²) in [5, 5.41) is 2.66. The molecule has 2 amide bonds. The van der Waals surface area contributed by atoms with Gasteiger partial charge >= 0.3 is 0 Å². The van der Waals surface area contributed by atoms with Crippen LogP contribution in [0.2, 0.25) is 0 Å². The van der Waals surface area contributed by atoms with Gasteiger partial charge in [0.05, 0.1) is 26.4 Å². The van der Waals surface area contributed by atoms with Crippen molar-refractivity contribution in [3.63, 3.8) is 0 Å². The summed E-state index contributed by atoms with van der Waals surface area (Å²) in [6.07, 6.45) is 0. The zero-order chi connectivity index (χ0) is 12.9. The minimum Gasteiger partial charge on any atom is -0.382 e. The number of amides is 2. The summed E-state index contributed by atoms with van der Waals surface area (Å²) in [7, 11) is 1.60. The molecule has 0 aromatic rings. The fourth-order valence-corrected chi connectivity index (χ4v) is 1.68. The van der Waals surface area contributed by atoms with Crippen molar-refractivity contribution >= 4 is 11.8 Å². The van der Waals surface area contributed by atoms with E-state index in [0.717, 1.165) is 0 Å². The summed E-state index contributed by atoms with van der Waals surface area (Å²) in [6.45, 7) is 5.37. The number of nitrogens with zero attached hydrogens (tertiary/aromatic N) is 1. The summed E-state index contributed by atoms with van der Waals surface area (Å²) in [4.78, 5) is 24.9. The lowest BCUT2D eigenvalue weighted by atomic mass is 10.0. The molecule has 6 heteroatoms. The maximum Gasteiger partial charge on any atom is 0.248 e. The highest BCUT2D eigenvalue weighted by Gasteiger charge is 2.38. The van der Waals surface area contributed by atoms with Crippen molar-refractivity contribution in [2.75, 3.05) is 40.0 Å². The molecule has 1 saturated heterocycles. The van der Waals surface area contributed by atoms with E-state index >= 15 is 0 Å². The maximum atomic E-state index is 11.9. The molecule has 6 nitrogen and oxygen atoms in total. The SMILES string of the molecule is COCCOCCN1CC(=O)NC(C)(C)C1=O. The molecule has 17 heavy (non-hydrogen) atoms. The monoisotopic (exact) mass is 244 g/mol. The fraction of sp³-hybridized carbons (Fsp3) is 0.818. The number of hydrogen-bond acceptors (Lipinski definition) is 4. The minimum atomic E-state index is -0.818. The first-order valence-electron chi connectivity index (χ1n) is 5.64. The number of rotatable bonds is 6. The zero-order valence-corrected chi connectivity index (χ0v) is 10.6. The first kappa shape index (κ1) is 13.9. The zero-order valence-electron chi connectivity index (χ0n) is 10.6. The van der Waals surface area contributed by atoms with Gasteiger partial charge in [-0.1, -0.05) is 0 Å². The topological polar surface area (TPSA) is 67.9 Å². The summed E-state index contributed by atoms with van der Waals surface area (Å²) in [5.74, 6) is -0.209. The smallest absolute Gasteiger partial charge is 0.248 e. The molecule has 1 rings (SSSR count). The second-order valence-electron chi connectivity index (χ2n) is 4.51. The quantitative estimate of drug-likeness (QED) is 0.633. The lowest BCUT2D eigenvalue weighted by Crippen LogP contribution is -2.64. The van der Waals surface area contributed by atoms with E-state index in [2.05, 4.69) is 5.32 Å².